The van der Waals surface area contributed by atoms with Gasteiger partial charge in [0.25, 0.3) is 0 Å². The maximum Gasteiger partial charge on any atom is 0.158 e. The fourth-order valence-corrected chi connectivity index (χ4v) is 2.36. The topological polar surface area (TPSA) is 50.9 Å². The van der Waals surface area contributed by atoms with Crippen LogP contribution in [-0.4, -0.2) is 19.9 Å². The molecule has 1 heterocycles. The van der Waals surface area contributed by atoms with Crippen molar-refractivity contribution in [2.75, 3.05) is 0 Å². The number of nitrogens with zero attached hydrogens (tertiary/aromatic N) is 3. The van der Waals surface area contributed by atoms with E-state index < -0.39 is 0 Å². The second-order valence-electron chi connectivity index (χ2n) is 4.21. The molecule has 2 atom stereocenters. The molecule has 2 unspecified atom stereocenters. The number of aromatic nitrogens is 3. The van der Waals surface area contributed by atoms with Crippen LogP contribution in [0.15, 0.2) is 0 Å². The molecule has 0 spiro atoms. The normalized spacial score (nSPS) is 27.1. The van der Waals surface area contributed by atoms with Gasteiger partial charge >= 0.3 is 0 Å². The lowest BCUT2D eigenvalue weighted by atomic mass is 9.97. The monoisotopic (exact) mass is 195 g/mol. The lowest BCUT2D eigenvalue weighted by Gasteiger charge is -2.14. The third kappa shape index (κ3) is 1.43. The SMILES string of the molecule is CC1CCCC1c1nnc(CO)n1C. The second-order valence-corrected chi connectivity index (χ2v) is 4.21. The fourth-order valence-electron chi connectivity index (χ4n) is 2.36. The molecule has 78 valence electrons. The first-order valence-electron chi connectivity index (χ1n) is 5.23. The zero-order chi connectivity index (χ0) is 10.1. The van der Waals surface area contributed by atoms with Crippen molar-refractivity contribution in [1.29, 1.82) is 0 Å². The van der Waals surface area contributed by atoms with E-state index in [1.54, 1.807) is 0 Å². The Labute approximate surface area is 84.0 Å². The smallest absolute Gasteiger partial charge is 0.158 e. The van der Waals surface area contributed by atoms with Crippen LogP contribution >= 0.6 is 0 Å². The number of hydrogen-bond acceptors (Lipinski definition) is 3. The summed E-state index contributed by atoms with van der Waals surface area (Å²) in [5.41, 5.74) is 0. The molecule has 1 aliphatic carbocycles. The zero-order valence-corrected chi connectivity index (χ0v) is 8.77. The Kier molecular flexibility index (Phi) is 2.54. The van der Waals surface area contributed by atoms with Crippen LogP contribution in [-0.2, 0) is 13.7 Å². The molecular formula is C10H17N3O. The van der Waals surface area contributed by atoms with E-state index in [9.17, 15) is 0 Å². The van der Waals surface area contributed by atoms with E-state index in [4.69, 9.17) is 5.11 Å². The van der Waals surface area contributed by atoms with Crippen LogP contribution in [0.25, 0.3) is 0 Å². The van der Waals surface area contributed by atoms with Gasteiger partial charge in [-0.25, -0.2) is 0 Å². The molecule has 0 bridgehead atoms. The lowest BCUT2D eigenvalue weighted by molar-refractivity contribution is 0.266. The van der Waals surface area contributed by atoms with Crippen LogP contribution in [0.2, 0.25) is 0 Å². The summed E-state index contributed by atoms with van der Waals surface area (Å²) in [7, 11) is 1.94. The molecule has 1 N–H and O–H groups in total. The van der Waals surface area contributed by atoms with E-state index in [0.717, 1.165) is 5.82 Å². The molecule has 2 rings (SSSR count). The summed E-state index contributed by atoms with van der Waals surface area (Å²) < 4.78 is 1.94. The van der Waals surface area contributed by atoms with E-state index in [0.29, 0.717) is 17.7 Å². The lowest BCUT2D eigenvalue weighted by Crippen LogP contribution is -2.10. The number of aliphatic hydroxyl groups excluding tert-OH is 1. The van der Waals surface area contributed by atoms with Gasteiger partial charge in [0, 0.05) is 13.0 Å². The highest BCUT2D eigenvalue weighted by Gasteiger charge is 2.29. The van der Waals surface area contributed by atoms with E-state index in [-0.39, 0.29) is 6.61 Å². The summed E-state index contributed by atoms with van der Waals surface area (Å²) in [6, 6.07) is 0. The molecule has 4 heteroatoms. The van der Waals surface area contributed by atoms with E-state index >= 15 is 0 Å². The summed E-state index contributed by atoms with van der Waals surface area (Å²) in [4.78, 5) is 0. The van der Waals surface area contributed by atoms with Crippen LogP contribution in [0.3, 0.4) is 0 Å². The molecule has 0 saturated heterocycles. The zero-order valence-electron chi connectivity index (χ0n) is 8.77. The minimum absolute atomic E-state index is 0.0232. The van der Waals surface area contributed by atoms with Crippen molar-refractivity contribution in [3.8, 4) is 0 Å². The predicted octanol–water partition coefficient (Wildman–Crippen LogP) is 1.21. The van der Waals surface area contributed by atoms with Crippen molar-refractivity contribution >= 4 is 0 Å². The van der Waals surface area contributed by atoms with Gasteiger partial charge in [-0.15, -0.1) is 10.2 Å². The molecule has 0 aromatic carbocycles. The quantitative estimate of drug-likeness (QED) is 0.771. The summed E-state index contributed by atoms with van der Waals surface area (Å²) in [6.45, 7) is 2.25. The van der Waals surface area contributed by atoms with Crippen molar-refractivity contribution in [3.63, 3.8) is 0 Å². The Morgan fingerprint density at radius 1 is 1.43 bits per heavy atom. The first-order valence-corrected chi connectivity index (χ1v) is 5.23. The molecule has 0 radical (unpaired) electrons. The first-order chi connectivity index (χ1) is 6.74. The van der Waals surface area contributed by atoms with Gasteiger partial charge in [0.2, 0.25) is 0 Å². The van der Waals surface area contributed by atoms with Gasteiger partial charge in [0.1, 0.15) is 12.4 Å². The number of rotatable bonds is 2. The highest BCUT2D eigenvalue weighted by Crippen LogP contribution is 2.38. The standard InChI is InChI=1S/C10H17N3O/c1-7-4-3-5-8(7)10-12-11-9(6-14)13(10)2/h7-8,14H,3-6H2,1-2H3. The van der Waals surface area contributed by atoms with Gasteiger partial charge in [-0.1, -0.05) is 13.3 Å². The van der Waals surface area contributed by atoms with Gasteiger partial charge in [-0.05, 0) is 18.8 Å². The molecule has 0 amide bonds. The number of hydrogen-bond donors (Lipinski definition) is 1. The second kappa shape index (κ2) is 3.69. The maximum atomic E-state index is 9.02. The molecule has 14 heavy (non-hydrogen) atoms. The van der Waals surface area contributed by atoms with E-state index in [1.165, 1.54) is 19.3 Å². The van der Waals surface area contributed by atoms with Crippen LogP contribution in [0.5, 0.6) is 0 Å². The molecule has 1 fully saturated rings. The summed E-state index contributed by atoms with van der Waals surface area (Å²) in [5.74, 6) is 2.94. The Morgan fingerprint density at radius 2 is 2.21 bits per heavy atom. The highest BCUT2D eigenvalue weighted by atomic mass is 16.3. The summed E-state index contributed by atoms with van der Waals surface area (Å²) in [5, 5.41) is 17.2. The Bertz CT molecular complexity index is 321. The van der Waals surface area contributed by atoms with Gasteiger partial charge < -0.3 is 9.67 Å². The molecule has 0 aliphatic heterocycles. The number of aliphatic hydroxyl groups is 1. The maximum absolute atomic E-state index is 9.02. The van der Waals surface area contributed by atoms with Crippen LogP contribution in [0.4, 0.5) is 0 Å². The van der Waals surface area contributed by atoms with Crippen molar-refractivity contribution in [3.05, 3.63) is 11.6 Å². The molecular weight excluding hydrogens is 178 g/mol. The fraction of sp³-hybridized carbons (Fsp3) is 0.800. The Balaban J connectivity index is 2.27. The Morgan fingerprint density at radius 3 is 2.71 bits per heavy atom. The van der Waals surface area contributed by atoms with Crippen molar-refractivity contribution in [2.24, 2.45) is 13.0 Å². The van der Waals surface area contributed by atoms with Crippen molar-refractivity contribution < 1.29 is 5.11 Å². The summed E-state index contributed by atoms with van der Waals surface area (Å²) >= 11 is 0. The highest BCUT2D eigenvalue weighted by molar-refractivity contribution is 5.04. The minimum atomic E-state index is -0.0232. The van der Waals surface area contributed by atoms with Crippen LogP contribution in [0, 0.1) is 5.92 Å². The van der Waals surface area contributed by atoms with Crippen LogP contribution in [0.1, 0.15) is 43.8 Å². The van der Waals surface area contributed by atoms with Crippen molar-refractivity contribution in [2.45, 2.75) is 38.7 Å². The average Bonchev–Trinajstić information content (AvgIpc) is 2.72. The first kappa shape index (κ1) is 9.65. The largest absolute Gasteiger partial charge is 0.388 e. The molecule has 1 aromatic heterocycles. The van der Waals surface area contributed by atoms with E-state index in [1.807, 2.05) is 11.6 Å². The predicted molar refractivity (Wildman–Crippen MR) is 52.7 cm³/mol. The molecule has 1 aromatic rings. The van der Waals surface area contributed by atoms with Gasteiger partial charge in [0.05, 0.1) is 0 Å². The van der Waals surface area contributed by atoms with Crippen LogP contribution < -0.4 is 0 Å². The third-order valence-electron chi connectivity index (χ3n) is 3.33. The van der Waals surface area contributed by atoms with Gasteiger partial charge in [-0.3, -0.25) is 0 Å². The van der Waals surface area contributed by atoms with Crippen molar-refractivity contribution in [1.82, 2.24) is 14.8 Å². The van der Waals surface area contributed by atoms with Gasteiger partial charge in [0.15, 0.2) is 5.82 Å². The van der Waals surface area contributed by atoms with E-state index in [2.05, 4.69) is 17.1 Å². The summed E-state index contributed by atoms with van der Waals surface area (Å²) in [6.07, 6.45) is 3.78. The Hall–Kier alpha value is -0.900. The molecule has 1 saturated carbocycles. The minimum Gasteiger partial charge on any atom is -0.388 e. The average molecular weight is 195 g/mol. The molecule has 1 aliphatic rings. The van der Waals surface area contributed by atoms with Gasteiger partial charge in [-0.2, -0.15) is 0 Å². The molecule has 4 nitrogen and oxygen atoms in total. The third-order valence-corrected chi connectivity index (χ3v) is 3.33.